The molecule has 38 heavy (non-hydrogen) atoms. The van der Waals surface area contributed by atoms with Crippen molar-refractivity contribution in [2.24, 2.45) is 0 Å². The molecule has 0 saturated heterocycles. The van der Waals surface area contributed by atoms with Crippen molar-refractivity contribution in [2.75, 3.05) is 49.4 Å². The summed E-state index contributed by atoms with van der Waals surface area (Å²) in [5, 5.41) is 9.44. The van der Waals surface area contributed by atoms with Crippen LogP contribution in [0.25, 0.3) is 11.3 Å². The summed E-state index contributed by atoms with van der Waals surface area (Å²) in [5.74, 6) is 0.995. The van der Waals surface area contributed by atoms with Gasteiger partial charge in [0.1, 0.15) is 0 Å². The summed E-state index contributed by atoms with van der Waals surface area (Å²) in [7, 11) is 3.59. The molecule has 3 aromatic rings. The maximum Gasteiger partial charge on any atom is 0.258 e. The first-order chi connectivity index (χ1) is 18.5. The van der Waals surface area contributed by atoms with Crippen LogP contribution < -0.4 is 30.3 Å². The van der Waals surface area contributed by atoms with Gasteiger partial charge in [0, 0.05) is 43.0 Å². The molecule has 8 nitrogen and oxygen atoms in total. The third kappa shape index (κ3) is 5.81. The number of nitrogens with one attached hydrogen (secondary N) is 3. The van der Waals surface area contributed by atoms with Gasteiger partial charge in [0.2, 0.25) is 5.91 Å². The zero-order valence-corrected chi connectivity index (χ0v) is 22.3. The second-order valence-corrected chi connectivity index (χ2v) is 8.76. The largest absolute Gasteiger partial charge is 0.490 e. The fourth-order valence-electron chi connectivity index (χ4n) is 4.30. The quantitative estimate of drug-likeness (QED) is 0.312. The lowest BCUT2D eigenvalue weighted by molar-refractivity contribution is -0.118. The molecule has 0 bridgehead atoms. The van der Waals surface area contributed by atoms with Gasteiger partial charge in [-0.15, -0.1) is 0 Å². The number of anilines is 3. The minimum Gasteiger partial charge on any atom is -0.490 e. The van der Waals surface area contributed by atoms with Gasteiger partial charge in [-0.05, 0) is 56.8 Å². The minimum atomic E-state index is -0.214. The van der Waals surface area contributed by atoms with E-state index in [1.165, 1.54) is 0 Å². The highest BCUT2D eigenvalue weighted by Crippen LogP contribution is 2.43. The fraction of sp³-hybridized carbons (Fsp3) is 0.267. The van der Waals surface area contributed by atoms with Crippen molar-refractivity contribution >= 4 is 40.1 Å². The van der Waals surface area contributed by atoms with E-state index in [-0.39, 0.29) is 11.8 Å². The van der Waals surface area contributed by atoms with E-state index in [0.29, 0.717) is 54.6 Å². The molecule has 0 saturated carbocycles. The Morgan fingerprint density at radius 1 is 0.947 bits per heavy atom. The van der Waals surface area contributed by atoms with Gasteiger partial charge in [0.05, 0.1) is 30.2 Å². The molecule has 3 aromatic carbocycles. The first-order valence-electron chi connectivity index (χ1n) is 12.8. The van der Waals surface area contributed by atoms with Crippen molar-refractivity contribution in [3.8, 4) is 11.5 Å². The molecule has 0 atom stereocenters. The summed E-state index contributed by atoms with van der Waals surface area (Å²) in [6.45, 7) is 5.40. The van der Waals surface area contributed by atoms with Crippen LogP contribution in [-0.4, -0.2) is 45.7 Å². The molecule has 1 aliphatic heterocycles. The van der Waals surface area contributed by atoms with E-state index < -0.39 is 0 Å². The lowest BCUT2D eigenvalue weighted by atomic mass is 9.99. The topological polar surface area (TPSA) is 91.9 Å². The van der Waals surface area contributed by atoms with Gasteiger partial charge in [0.15, 0.2) is 11.5 Å². The van der Waals surface area contributed by atoms with Crippen molar-refractivity contribution in [3.05, 3.63) is 77.9 Å². The van der Waals surface area contributed by atoms with Gasteiger partial charge >= 0.3 is 0 Å². The molecule has 0 aliphatic carbocycles. The number of ether oxygens (including phenoxy) is 2. The number of hydrogen-bond acceptors (Lipinski definition) is 6. The Morgan fingerprint density at radius 3 is 2.24 bits per heavy atom. The normalized spacial score (nSPS) is 13.4. The van der Waals surface area contributed by atoms with Crippen LogP contribution in [0.1, 0.15) is 31.4 Å². The average molecular weight is 515 g/mol. The zero-order chi connectivity index (χ0) is 27.1. The number of carbonyl (C=O) groups excluding carboxylic acids is 2. The highest BCUT2D eigenvalue weighted by atomic mass is 16.5. The van der Waals surface area contributed by atoms with Crippen molar-refractivity contribution in [1.82, 2.24) is 5.32 Å². The number of hydrogen-bond donors (Lipinski definition) is 3. The Kier molecular flexibility index (Phi) is 8.66. The Balaban J connectivity index is 1.74. The SMILES string of the molecule is CCOc1cc2c(cc1OCC)C(=C(Nc1ccc(N(C)C(=O)CCNC)cc1)c1ccccc1)C(=O)N2. The van der Waals surface area contributed by atoms with Crippen molar-refractivity contribution in [3.63, 3.8) is 0 Å². The van der Waals surface area contributed by atoms with E-state index in [4.69, 9.17) is 9.47 Å². The maximum absolute atomic E-state index is 13.3. The molecule has 0 aromatic heterocycles. The Labute approximate surface area is 223 Å². The molecular weight excluding hydrogens is 480 g/mol. The van der Waals surface area contributed by atoms with Crippen molar-refractivity contribution in [2.45, 2.75) is 20.3 Å². The first-order valence-corrected chi connectivity index (χ1v) is 12.8. The van der Waals surface area contributed by atoms with Crippen molar-refractivity contribution in [1.29, 1.82) is 0 Å². The van der Waals surface area contributed by atoms with E-state index in [1.807, 2.05) is 87.6 Å². The molecule has 4 rings (SSSR count). The maximum atomic E-state index is 13.3. The monoisotopic (exact) mass is 514 g/mol. The van der Waals surface area contributed by atoms with E-state index in [1.54, 1.807) is 11.9 Å². The second-order valence-electron chi connectivity index (χ2n) is 8.76. The van der Waals surface area contributed by atoms with Crippen LogP contribution >= 0.6 is 0 Å². The second kappa shape index (κ2) is 12.3. The van der Waals surface area contributed by atoms with Gasteiger partial charge < -0.3 is 30.3 Å². The van der Waals surface area contributed by atoms with Crippen molar-refractivity contribution < 1.29 is 19.1 Å². The summed E-state index contributed by atoms with van der Waals surface area (Å²) in [5.41, 5.74) is 5.02. The van der Waals surface area contributed by atoms with Crippen LogP contribution in [0.2, 0.25) is 0 Å². The Morgan fingerprint density at radius 2 is 1.61 bits per heavy atom. The Hall–Kier alpha value is -4.30. The lowest BCUT2D eigenvalue weighted by Gasteiger charge is -2.19. The summed E-state index contributed by atoms with van der Waals surface area (Å²) in [6.07, 6.45) is 0.417. The van der Waals surface area contributed by atoms with E-state index in [2.05, 4.69) is 16.0 Å². The smallest absolute Gasteiger partial charge is 0.258 e. The Bertz CT molecular complexity index is 1320. The fourth-order valence-corrected chi connectivity index (χ4v) is 4.30. The lowest BCUT2D eigenvalue weighted by Crippen LogP contribution is -2.28. The number of nitrogens with zero attached hydrogens (tertiary/aromatic N) is 1. The number of rotatable bonds is 11. The van der Waals surface area contributed by atoms with Gasteiger partial charge in [-0.25, -0.2) is 0 Å². The summed E-state index contributed by atoms with van der Waals surface area (Å²) >= 11 is 0. The molecular formula is C30H34N4O4. The van der Waals surface area contributed by atoms with E-state index in [0.717, 1.165) is 22.5 Å². The van der Waals surface area contributed by atoms with Crippen LogP contribution in [0.4, 0.5) is 17.1 Å². The molecule has 198 valence electrons. The average Bonchev–Trinajstić information content (AvgIpc) is 3.25. The molecule has 0 fully saturated rings. The molecule has 0 spiro atoms. The van der Waals surface area contributed by atoms with Gasteiger partial charge in [-0.3, -0.25) is 9.59 Å². The summed E-state index contributed by atoms with van der Waals surface area (Å²) in [4.78, 5) is 27.4. The summed E-state index contributed by atoms with van der Waals surface area (Å²) < 4.78 is 11.6. The zero-order valence-electron chi connectivity index (χ0n) is 22.3. The highest BCUT2D eigenvalue weighted by molar-refractivity contribution is 6.37. The molecule has 0 unspecified atom stereocenters. The van der Waals surface area contributed by atoms with E-state index >= 15 is 0 Å². The molecule has 1 aliphatic rings. The van der Waals surface area contributed by atoms with Gasteiger partial charge in [-0.1, -0.05) is 30.3 Å². The number of carbonyl (C=O) groups is 2. The summed E-state index contributed by atoms with van der Waals surface area (Å²) in [6, 6.07) is 21.0. The molecule has 1 heterocycles. The predicted molar refractivity (Wildman–Crippen MR) is 153 cm³/mol. The molecule has 2 amide bonds. The van der Waals surface area contributed by atoms with Crippen LogP contribution in [0.15, 0.2) is 66.7 Å². The van der Waals surface area contributed by atoms with Crippen LogP contribution in [0.5, 0.6) is 11.5 Å². The van der Waals surface area contributed by atoms with Crippen LogP contribution in [-0.2, 0) is 9.59 Å². The minimum absolute atomic E-state index is 0.0305. The standard InChI is InChI=1S/C30H34N4O4/c1-5-37-25-18-23-24(19-26(25)38-6-2)33-30(36)28(23)29(20-10-8-7-9-11-20)32-21-12-14-22(15-13-21)34(4)27(35)16-17-31-3/h7-15,18-19,31-32H,5-6,16-17H2,1-4H3,(H,33,36). The number of fused-ring (bicyclic) bond motifs is 1. The van der Waals surface area contributed by atoms with E-state index in [9.17, 15) is 9.59 Å². The number of amides is 2. The third-order valence-electron chi connectivity index (χ3n) is 6.23. The first kappa shape index (κ1) is 26.8. The predicted octanol–water partition coefficient (Wildman–Crippen LogP) is 4.99. The van der Waals surface area contributed by atoms with Gasteiger partial charge in [-0.2, -0.15) is 0 Å². The van der Waals surface area contributed by atoms with Crippen LogP contribution in [0.3, 0.4) is 0 Å². The number of benzene rings is 3. The molecule has 0 radical (unpaired) electrons. The third-order valence-corrected chi connectivity index (χ3v) is 6.23. The highest BCUT2D eigenvalue weighted by Gasteiger charge is 2.30. The molecule has 3 N–H and O–H groups in total. The van der Waals surface area contributed by atoms with Crippen LogP contribution in [0, 0.1) is 0 Å². The molecule has 8 heteroatoms. The van der Waals surface area contributed by atoms with Gasteiger partial charge in [0.25, 0.3) is 5.91 Å².